The molecule has 1 aromatic carbocycles. The summed E-state index contributed by atoms with van der Waals surface area (Å²) in [6, 6.07) is 6.01. The Morgan fingerprint density at radius 1 is 1.30 bits per heavy atom. The number of carboxylic acid groups (broad SMARTS) is 1. The van der Waals surface area contributed by atoms with Crippen LogP contribution in [0.2, 0.25) is 0 Å². The number of nitrogens with one attached hydrogen (secondary N) is 1. The van der Waals surface area contributed by atoms with E-state index >= 15 is 0 Å². The first-order valence-electron chi connectivity index (χ1n) is 6.24. The number of amides is 1. The van der Waals surface area contributed by atoms with Gasteiger partial charge in [-0.1, -0.05) is 12.1 Å². The molecule has 0 aliphatic heterocycles. The van der Waals surface area contributed by atoms with Crippen LogP contribution in [0.25, 0.3) is 0 Å². The Labute approximate surface area is 117 Å². The van der Waals surface area contributed by atoms with Crippen LogP contribution in [0.4, 0.5) is 10.5 Å². The molecule has 1 aromatic rings. The first-order chi connectivity index (χ1) is 9.17. The van der Waals surface area contributed by atoms with Crippen LogP contribution in [0, 0.1) is 0 Å². The van der Waals surface area contributed by atoms with Gasteiger partial charge in [-0.3, -0.25) is 4.79 Å². The van der Waals surface area contributed by atoms with Crippen LogP contribution < -0.4 is 11.1 Å². The fourth-order valence-electron chi connectivity index (χ4n) is 1.60. The molecular formula is C14H20N2O4. The molecule has 4 N–H and O–H groups in total. The monoisotopic (exact) mass is 280 g/mol. The van der Waals surface area contributed by atoms with E-state index in [1.54, 1.807) is 45.0 Å². The van der Waals surface area contributed by atoms with Crippen molar-refractivity contribution in [1.82, 2.24) is 5.32 Å². The standard InChI is InChI=1S/C14H20N2O4/c1-14(2,3)20-13(19)16-11(8-12(17)18)9-4-6-10(15)7-5-9/h4-7,11H,8,15H2,1-3H3,(H,16,19)(H,17,18). The molecule has 20 heavy (non-hydrogen) atoms. The Bertz CT molecular complexity index is 477. The molecule has 0 saturated carbocycles. The molecule has 0 spiro atoms. The highest BCUT2D eigenvalue weighted by molar-refractivity contribution is 5.72. The zero-order chi connectivity index (χ0) is 15.3. The van der Waals surface area contributed by atoms with Gasteiger partial charge in [-0.2, -0.15) is 0 Å². The fraction of sp³-hybridized carbons (Fsp3) is 0.429. The predicted molar refractivity (Wildman–Crippen MR) is 75.2 cm³/mol. The molecule has 0 saturated heterocycles. The van der Waals surface area contributed by atoms with Gasteiger partial charge in [-0.25, -0.2) is 4.79 Å². The number of carboxylic acids is 1. The Morgan fingerprint density at radius 3 is 2.30 bits per heavy atom. The number of anilines is 1. The number of hydrogen-bond donors (Lipinski definition) is 3. The smallest absolute Gasteiger partial charge is 0.408 e. The summed E-state index contributed by atoms with van der Waals surface area (Å²) in [6.07, 6.45) is -0.885. The summed E-state index contributed by atoms with van der Waals surface area (Å²) in [7, 11) is 0. The van der Waals surface area contributed by atoms with Crippen molar-refractivity contribution in [3.8, 4) is 0 Å². The maximum atomic E-state index is 11.7. The number of aliphatic carboxylic acids is 1. The van der Waals surface area contributed by atoms with E-state index in [1.165, 1.54) is 0 Å². The number of nitrogens with two attached hydrogens (primary N) is 1. The van der Waals surface area contributed by atoms with E-state index in [9.17, 15) is 9.59 Å². The van der Waals surface area contributed by atoms with Gasteiger partial charge in [0, 0.05) is 5.69 Å². The lowest BCUT2D eigenvalue weighted by molar-refractivity contribution is -0.137. The summed E-state index contributed by atoms with van der Waals surface area (Å²) in [5, 5.41) is 11.5. The van der Waals surface area contributed by atoms with Gasteiger partial charge in [-0.05, 0) is 38.5 Å². The van der Waals surface area contributed by atoms with Crippen LogP contribution >= 0.6 is 0 Å². The summed E-state index contributed by atoms with van der Waals surface area (Å²) >= 11 is 0. The molecule has 110 valence electrons. The van der Waals surface area contributed by atoms with Crippen LogP contribution in [0.15, 0.2) is 24.3 Å². The molecule has 1 atom stereocenters. The zero-order valence-corrected chi connectivity index (χ0v) is 11.8. The van der Waals surface area contributed by atoms with Crippen LogP contribution in [-0.4, -0.2) is 22.8 Å². The summed E-state index contributed by atoms with van der Waals surface area (Å²) in [5.74, 6) is -1.01. The predicted octanol–water partition coefficient (Wildman–Crippen LogP) is 2.31. The molecule has 0 aromatic heterocycles. The van der Waals surface area contributed by atoms with E-state index in [-0.39, 0.29) is 6.42 Å². The summed E-state index contributed by atoms with van der Waals surface area (Å²) in [4.78, 5) is 22.6. The second-order valence-corrected chi connectivity index (χ2v) is 5.46. The van der Waals surface area contributed by atoms with Crippen molar-refractivity contribution in [2.75, 3.05) is 5.73 Å². The van der Waals surface area contributed by atoms with Crippen molar-refractivity contribution in [1.29, 1.82) is 0 Å². The second-order valence-electron chi connectivity index (χ2n) is 5.46. The minimum Gasteiger partial charge on any atom is -0.481 e. The topological polar surface area (TPSA) is 102 Å². The van der Waals surface area contributed by atoms with Gasteiger partial charge in [0.2, 0.25) is 0 Å². The average molecular weight is 280 g/mol. The molecule has 0 heterocycles. The Kier molecular flexibility index (Phi) is 4.96. The van der Waals surface area contributed by atoms with Gasteiger partial charge in [0.25, 0.3) is 0 Å². The minimum atomic E-state index is -1.01. The summed E-state index contributed by atoms with van der Waals surface area (Å²) in [5.41, 5.74) is 6.17. The highest BCUT2D eigenvalue weighted by atomic mass is 16.6. The SMILES string of the molecule is CC(C)(C)OC(=O)NC(CC(=O)O)c1ccc(N)cc1. The summed E-state index contributed by atoms with van der Waals surface area (Å²) in [6.45, 7) is 5.21. The number of rotatable bonds is 4. The van der Waals surface area contributed by atoms with E-state index < -0.39 is 23.7 Å². The van der Waals surface area contributed by atoms with Crippen molar-refractivity contribution in [3.63, 3.8) is 0 Å². The molecule has 1 amide bonds. The Morgan fingerprint density at radius 2 is 1.85 bits per heavy atom. The Balaban J connectivity index is 2.82. The maximum Gasteiger partial charge on any atom is 0.408 e. The molecule has 0 aliphatic carbocycles. The molecule has 1 rings (SSSR count). The summed E-state index contributed by atoms with van der Waals surface area (Å²) < 4.78 is 5.13. The first-order valence-corrected chi connectivity index (χ1v) is 6.24. The van der Waals surface area contributed by atoms with Gasteiger partial charge < -0.3 is 20.9 Å². The quantitative estimate of drug-likeness (QED) is 0.734. The van der Waals surface area contributed by atoms with Gasteiger partial charge in [0.05, 0.1) is 12.5 Å². The second kappa shape index (κ2) is 6.27. The van der Waals surface area contributed by atoms with Gasteiger partial charge in [0.15, 0.2) is 0 Å². The van der Waals surface area contributed by atoms with Gasteiger partial charge in [0.1, 0.15) is 5.60 Å². The van der Waals surface area contributed by atoms with Crippen molar-refractivity contribution in [2.45, 2.75) is 38.8 Å². The highest BCUT2D eigenvalue weighted by Crippen LogP contribution is 2.19. The number of ether oxygens (including phenoxy) is 1. The molecule has 6 heteroatoms. The van der Waals surface area contributed by atoms with E-state index in [0.717, 1.165) is 0 Å². The lowest BCUT2D eigenvalue weighted by Crippen LogP contribution is -2.35. The molecule has 0 aliphatic rings. The normalized spacial score (nSPS) is 12.6. The highest BCUT2D eigenvalue weighted by Gasteiger charge is 2.22. The lowest BCUT2D eigenvalue weighted by Gasteiger charge is -2.23. The maximum absolute atomic E-state index is 11.7. The van der Waals surface area contributed by atoms with Crippen molar-refractivity contribution in [3.05, 3.63) is 29.8 Å². The molecule has 6 nitrogen and oxygen atoms in total. The lowest BCUT2D eigenvalue weighted by atomic mass is 10.0. The third-order valence-electron chi connectivity index (χ3n) is 2.41. The largest absolute Gasteiger partial charge is 0.481 e. The van der Waals surface area contributed by atoms with Crippen LogP contribution in [0.1, 0.15) is 38.8 Å². The minimum absolute atomic E-state index is 0.233. The van der Waals surface area contributed by atoms with Crippen molar-refractivity contribution in [2.24, 2.45) is 0 Å². The molecular weight excluding hydrogens is 260 g/mol. The molecule has 0 bridgehead atoms. The first kappa shape index (κ1) is 15.8. The fourth-order valence-corrected chi connectivity index (χ4v) is 1.60. The zero-order valence-electron chi connectivity index (χ0n) is 11.8. The van der Waals surface area contributed by atoms with E-state index in [1.807, 2.05) is 0 Å². The molecule has 0 fully saturated rings. The number of benzene rings is 1. The van der Waals surface area contributed by atoms with Crippen LogP contribution in [-0.2, 0) is 9.53 Å². The van der Waals surface area contributed by atoms with E-state index in [4.69, 9.17) is 15.6 Å². The molecule has 0 radical (unpaired) electrons. The average Bonchev–Trinajstić information content (AvgIpc) is 2.25. The van der Waals surface area contributed by atoms with Gasteiger partial charge >= 0.3 is 12.1 Å². The third-order valence-corrected chi connectivity index (χ3v) is 2.41. The number of carbonyl (C=O) groups excluding carboxylic acids is 1. The van der Waals surface area contributed by atoms with E-state index in [0.29, 0.717) is 11.3 Å². The number of alkyl carbamates (subject to hydrolysis) is 1. The van der Waals surface area contributed by atoms with E-state index in [2.05, 4.69) is 5.32 Å². The Hall–Kier alpha value is -2.24. The third kappa shape index (κ3) is 5.60. The van der Waals surface area contributed by atoms with Crippen molar-refractivity contribution >= 4 is 17.7 Å². The number of hydrogen-bond acceptors (Lipinski definition) is 4. The van der Waals surface area contributed by atoms with Crippen molar-refractivity contribution < 1.29 is 19.4 Å². The van der Waals surface area contributed by atoms with Crippen LogP contribution in [0.5, 0.6) is 0 Å². The number of carbonyl (C=O) groups is 2. The number of nitrogen functional groups attached to an aromatic ring is 1. The van der Waals surface area contributed by atoms with Gasteiger partial charge in [-0.15, -0.1) is 0 Å². The molecule has 1 unspecified atom stereocenters. The van der Waals surface area contributed by atoms with Crippen LogP contribution in [0.3, 0.4) is 0 Å².